The highest BCUT2D eigenvalue weighted by atomic mass is 127. The van der Waals surface area contributed by atoms with Gasteiger partial charge in [-0.3, -0.25) is 9.59 Å². The molecule has 100 valence electrons. The zero-order valence-corrected chi connectivity index (χ0v) is 11.8. The first-order valence-corrected chi connectivity index (χ1v) is 6.54. The first kappa shape index (κ1) is 13.8. The van der Waals surface area contributed by atoms with Crippen molar-refractivity contribution in [3.8, 4) is 0 Å². The average molecular weight is 375 g/mol. The van der Waals surface area contributed by atoms with Crippen LogP contribution in [0.1, 0.15) is 16.8 Å². The summed E-state index contributed by atoms with van der Waals surface area (Å²) in [4.78, 5) is 35.0. The van der Waals surface area contributed by atoms with Gasteiger partial charge in [-0.25, -0.2) is 4.79 Å². The smallest absolute Gasteiger partial charge is 0.335 e. The van der Waals surface area contributed by atoms with Crippen molar-refractivity contribution in [2.24, 2.45) is 5.92 Å². The molecule has 7 heteroatoms. The van der Waals surface area contributed by atoms with Gasteiger partial charge in [-0.1, -0.05) is 0 Å². The molecule has 0 aromatic heterocycles. The number of carboxylic acid groups (broad SMARTS) is 2. The number of aliphatic carboxylic acids is 1. The molecular weight excluding hydrogens is 365 g/mol. The number of carboxylic acids is 2. The van der Waals surface area contributed by atoms with Crippen LogP contribution in [-0.4, -0.2) is 34.6 Å². The van der Waals surface area contributed by atoms with Gasteiger partial charge in [0.1, 0.15) is 0 Å². The van der Waals surface area contributed by atoms with E-state index in [1.54, 1.807) is 6.07 Å². The highest BCUT2D eigenvalue weighted by Gasteiger charge is 2.35. The van der Waals surface area contributed by atoms with E-state index >= 15 is 0 Å². The number of hydrogen-bond donors (Lipinski definition) is 2. The molecule has 1 atom stereocenters. The number of hydrogen-bond acceptors (Lipinski definition) is 3. The van der Waals surface area contributed by atoms with E-state index in [0.717, 1.165) is 0 Å². The fourth-order valence-corrected chi connectivity index (χ4v) is 2.59. The molecule has 0 radical (unpaired) electrons. The fourth-order valence-electron chi connectivity index (χ4n) is 1.96. The Hall–Kier alpha value is -1.64. The minimum Gasteiger partial charge on any atom is -0.481 e. The molecule has 1 unspecified atom stereocenters. The van der Waals surface area contributed by atoms with E-state index in [4.69, 9.17) is 10.2 Å². The second kappa shape index (κ2) is 5.16. The van der Waals surface area contributed by atoms with Gasteiger partial charge in [0.25, 0.3) is 0 Å². The molecule has 1 amide bonds. The molecule has 0 spiro atoms. The van der Waals surface area contributed by atoms with E-state index in [1.165, 1.54) is 17.0 Å². The van der Waals surface area contributed by atoms with Crippen LogP contribution in [0.25, 0.3) is 0 Å². The molecule has 2 rings (SSSR count). The molecule has 0 bridgehead atoms. The quantitative estimate of drug-likeness (QED) is 0.780. The summed E-state index contributed by atoms with van der Waals surface area (Å²) in [6, 6.07) is 4.44. The van der Waals surface area contributed by atoms with Crippen molar-refractivity contribution < 1.29 is 24.6 Å². The summed E-state index contributed by atoms with van der Waals surface area (Å²) in [5.41, 5.74) is 0.524. The Balaban J connectivity index is 2.36. The Kier molecular flexibility index (Phi) is 3.74. The number of benzene rings is 1. The van der Waals surface area contributed by atoms with Gasteiger partial charge in [0, 0.05) is 16.5 Å². The summed E-state index contributed by atoms with van der Waals surface area (Å²) in [6.07, 6.45) is -0.0529. The zero-order chi connectivity index (χ0) is 14.2. The molecule has 6 nitrogen and oxygen atoms in total. The normalized spacial score (nSPS) is 18.7. The van der Waals surface area contributed by atoms with Crippen LogP contribution in [-0.2, 0) is 9.59 Å². The van der Waals surface area contributed by atoms with Gasteiger partial charge >= 0.3 is 11.9 Å². The topological polar surface area (TPSA) is 94.9 Å². The van der Waals surface area contributed by atoms with Crippen molar-refractivity contribution in [2.45, 2.75) is 6.42 Å². The number of amides is 1. The number of aromatic carboxylic acids is 1. The molecule has 19 heavy (non-hydrogen) atoms. The number of rotatable bonds is 3. The van der Waals surface area contributed by atoms with Crippen molar-refractivity contribution in [3.63, 3.8) is 0 Å². The lowest BCUT2D eigenvalue weighted by Gasteiger charge is -2.18. The van der Waals surface area contributed by atoms with Gasteiger partial charge in [0.2, 0.25) is 5.91 Å². The van der Waals surface area contributed by atoms with Crippen molar-refractivity contribution in [1.29, 1.82) is 0 Å². The standard InChI is InChI=1S/C12H10INO5/c13-8-2-1-6(11(16)17)3-9(8)14-5-7(12(18)19)4-10(14)15/h1-3,7H,4-5H2,(H,16,17)(H,18,19). The van der Waals surface area contributed by atoms with Crippen molar-refractivity contribution in [3.05, 3.63) is 27.3 Å². The lowest BCUT2D eigenvalue weighted by atomic mass is 10.1. The maximum Gasteiger partial charge on any atom is 0.335 e. The SMILES string of the molecule is O=C(O)c1ccc(I)c(N2CC(C(=O)O)CC2=O)c1. The Labute approximate surface area is 122 Å². The van der Waals surface area contributed by atoms with E-state index in [-0.39, 0.29) is 24.4 Å². The van der Waals surface area contributed by atoms with E-state index in [1.807, 2.05) is 22.6 Å². The predicted octanol–water partition coefficient (Wildman–Crippen LogP) is 1.43. The Morgan fingerprint density at radius 2 is 2.00 bits per heavy atom. The van der Waals surface area contributed by atoms with Crippen LogP contribution in [0, 0.1) is 9.49 Å². The van der Waals surface area contributed by atoms with Gasteiger partial charge in [-0.05, 0) is 40.8 Å². The molecule has 1 aliphatic heterocycles. The summed E-state index contributed by atoms with van der Waals surface area (Å²) >= 11 is 1.99. The van der Waals surface area contributed by atoms with E-state index in [0.29, 0.717) is 9.26 Å². The van der Waals surface area contributed by atoms with Crippen LogP contribution < -0.4 is 4.90 Å². The number of halogens is 1. The Morgan fingerprint density at radius 1 is 1.32 bits per heavy atom. The van der Waals surface area contributed by atoms with Crippen LogP contribution in [0.15, 0.2) is 18.2 Å². The maximum atomic E-state index is 11.8. The third-order valence-electron chi connectivity index (χ3n) is 2.96. The highest BCUT2D eigenvalue weighted by Crippen LogP contribution is 2.30. The second-order valence-electron chi connectivity index (χ2n) is 4.21. The van der Waals surface area contributed by atoms with Crippen molar-refractivity contribution in [1.82, 2.24) is 0 Å². The summed E-state index contributed by atoms with van der Waals surface area (Å²) in [5.74, 6) is -3.14. The first-order chi connectivity index (χ1) is 8.90. The number of carbonyl (C=O) groups excluding carboxylic acids is 1. The third-order valence-corrected chi connectivity index (χ3v) is 3.87. The highest BCUT2D eigenvalue weighted by molar-refractivity contribution is 14.1. The zero-order valence-electron chi connectivity index (χ0n) is 9.67. The third kappa shape index (κ3) is 2.70. The van der Waals surface area contributed by atoms with Gasteiger partial charge in [0.05, 0.1) is 17.2 Å². The Morgan fingerprint density at radius 3 is 2.53 bits per heavy atom. The molecule has 1 aromatic rings. The lowest BCUT2D eigenvalue weighted by Crippen LogP contribution is -2.26. The summed E-state index contributed by atoms with van der Waals surface area (Å²) in [6.45, 7) is 0.0766. The number of anilines is 1. The minimum atomic E-state index is -1.08. The molecular formula is C12H10INO5. The fraction of sp³-hybridized carbons (Fsp3) is 0.250. The molecule has 1 saturated heterocycles. The average Bonchev–Trinajstić information content (AvgIpc) is 2.72. The molecule has 1 aliphatic rings. The molecule has 1 fully saturated rings. The second-order valence-corrected chi connectivity index (χ2v) is 5.38. The minimum absolute atomic E-state index is 0.0529. The van der Waals surface area contributed by atoms with Gasteiger partial charge < -0.3 is 15.1 Å². The molecule has 0 aliphatic carbocycles. The summed E-state index contributed by atoms with van der Waals surface area (Å²) in [5, 5.41) is 17.9. The van der Waals surface area contributed by atoms with Crippen LogP contribution in [0.3, 0.4) is 0 Å². The molecule has 0 saturated carbocycles. The van der Waals surface area contributed by atoms with E-state index in [9.17, 15) is 14.4 Å². The summed E-state index contributed by atoms with van der Waals surface area (Å²) < 4.78 is 0.710. The van der Waals surface area contributed by atoms with Gasteiger partial charge in [-0.2, -0.15) is 0 Å². The number of carbonyl (C=O) groups is 3. The van der Waals surface area contributed by atoms with Gasteiger partial charge in [0.15, 0.2) is 0 Å². The van der Waals surface area contributed by atoms with Crippen molar-refractivity contribution in [2.75, 3.05) is 11.4 Å². The maximum absolute atomic E-state index is 11.8. The molecule has 1 aromatic carbocycles. The molecule has 1 heterocycles. The largest absolute Gasteiger partial charge is 0.481 e. The predicted molar refractivity (Wildman–Crippen MR) is 74.2 cm³/mol. The van der Waals surface area contributed by atoms with Gasteiger partial charge in [-0.15, -0.1) is 0 Å². The number of nitrogens with zero attached hydrogens (tertiary/aromatic N) is 1. The van der Waals surface area contributed by atoms with Crippen LogP contribution in [0.2, 0.25) is 0 Å². The monoisotopic (exact) mass is 375 g/mol. The van der Waals surface area contributed by atoms with E-state index in [2.05, 4.69) is 0 Å². The lowest BCUT2D eigenvalue weighted by molar-refractivity contribution is -0.141. The van der Waals surface area contributed by atoms with Crippen LogP contribution in [0.5, 0.6) is 0 Å². The van der Waals surface area contributed by atoms with Crippen LogP contribution in [0.4, 0.5) is 5.69 Å². The summed E-state index contributed by atoms with van der Waals surface area (Å²) in [7, 11) is 0. The Bertz CT molecular complexity index is 571. The first-order valence-electron chi connectivity index (χ1n) is 5.46. The van der Waals surface area contributed by atoms with Crippen LogP contribution >= 0.6 is 22.6 Å². The molecule has 2 N–H and O–H groups in total. The van der Waals surface area contributed by atoms with E-state index < -0.39 is 17.9 Å². The van der Waals surface area contributed by atoms with Crippen molar-refractivity contribution >= 4 is 46.1 Å².